The third kappa shape index (κ3) is 3.27. The summed E-state index contributed by atoms with van der Waals surface area (Å²) in [5.74, 6) is -0.309. The van der Waals surface area contributed by atoms with E-state index in [-0.39, 0.29) is 18.0 Å². The molecule has 0 saturated heterocycles. The van der Waals surface area contributed by atoms with Crippen LogP contribution >= 0.6 is 31.9 Å². The number of Topliss-reactive ketones (excluding diaryl/α,β-unsaturated/α-hetero) is 1. The summed E-state index contributed by atoms with van der Waals surface area (Å²) in [4.78, 5) is 12.0. The number of carbonyl (C=O) groups excluding carboxylic acids is 1. The lowest BCUT2D eigenvalue weighted by Gasteiger charge is -2.03. The van der Waals surface area contributed by atoms with Gasteiger partial charge in [-0.2, -0.15) is 0 Å². The van der Waals surface area contributed by atoms with E-state index in [1.54, 1.807) is 24.3 Å². The number of halogens is 3. The van der Waals surface area contributed by atoms with E-state index in [2.05, 4.69) is 31.9 Å². The lowest BCUT2D eigenvalue weighted by Crippen LogP contribution is -2.03. The Morgan fingerprint density at radius 3 is 2.33 bits per heavy atom. The Morgan fingerprint density at radius 1 is 1.06 bits per heavy atom. The third-order valence-electron chi connectivity index (χ3n) is 2.51. The maximum absolute atomic E-state index is 13.1. The molecule has 0 amide bonds. The van der Waals surface area contributed by atoms with Crippen molar-refractivity contribution in [2.24, 2.45) is 0 Å². The standard InChI is InChI=1S/C14H9Br2FO/c15-11-4-2-10(3-5-11)14(18)8-9-1-6-13(17)12(16)7-9/h1-7H,8H2. The predicted octanol–water partition coefficient (Wildman–Crippen LogP) is 4.78. The van der Waals surface area contributed by atoms with Crippen molar-refractivity contribution in [3.63, 3.8) is 0 Å². The number of rotatable bonds is 3. The average molecular weight is 372 g/mol. The van der Waals surface area contributed by atoms with Crippen molar-refractivity contribution < 1.29 is 9.18 Å². The molecule has 0 unspecified atom stereocenters. The first kappa shape index (κ1) is 13.4. The Bertz CT molecular complexity index is 579. The minimum atomic E-state index is -0.324. The summed E-state index contributed by atoms with van der Waals surface area (Å²) < 4.78 is 14.4. The van der Waals surface area contributed by atoms with Crippen LogP contribution < -0.4 is 0 Å². The molecule has 92 valence electrons. The molecule has 0 aliphatic heterocycles. The minimum Gasteiger partial charge on any atom is -0.294 e. The van der Waals surface area contributed by atoms with Gasteiger partial charge in [0.2, 0.25) is 0 Å². The quantitative estimate of drug-likeness (QED) is 0.710. The molecular weight excluding hydrogens is 363 g/mol. The van der Waals surface area contributed by atoms with Gasteiger partial charge in [-0.1, -0.05) is 34.1 Å². The number of ketones is 1. The maximum Gasteiger partial charge on any atom is 0.167 e. The lowest BCUT2D eigenvalue weighted by molar-refractivity contribution is 0.0993. The van der Waals surface area contributed by atoms with Crippen LogP contribution in [0.4, 0.5) is 4.39 Å². The number of carbonyl (C=O) groups is 1. The molecule has 0 spiro atoms. The van der Waals surface area contributed by atoms with Gasteiger partial charge in [-0.25, -0.2) is 4.39 Å². The van der Waals surface area contributed by atoms with Gasteiger partial charge in [0.05, 0.1) is 4.47 Å². The lowest BCUT2D eigenvalue weighted by atomic mass is 10.0. The molecule has 1 nitrogen and oxygen atoms in total. The van der Waals surface area contributed by atoms with E-state index >= 15 is 0 Å². The second kappa shape index (κ2) is 5.76. The molecule has 2 aromatic rings. The molecule has 18 heavy (non-hydrogen) atoms. The van der Waals surface area contributed by atoms with E-state index in [9.17, 15) is 9.18 Å². The summed E-state index contributed by atoms with van der Waals surface area (Å²) >= 11 is 6.43. The van der Waals surface area contributed by atoms with Gasteiger partial charge in [-0.15, -0.1) is 0 Å². The fourth-order valence-electron chi connectivity index (χ4n) is 1.57. The van der Waals surface area contributed by atoms with Crippen molar-refractivity contribution in [3.8, 4) is 0 Å². The van der Waals surface area contributed by atoms with Gasteiger partial charge in [0.1, 0.15) is 5.82 Å². The second-order valence-corrected chi connectivity index (χ2v) is 5.63. The van der Waals surface area contributed by atoms with Crippen molar-refractivity contribution in [2.75, 3.05) is 0 Å². The minimum absolute atomic E-state index is 0.0148. The SMILES string of the molecule is O=C(Cc1ccc(F)c(Br)c1)c1ccc(Br)cc1. The zero-order valence-corrected chi connectivity index (χ0v) is 12.5. The van der Waals surface area contributed by atoms with Gasteiger partial charge in [0.25, 0.3) is 0 Å². The zero-order chi connectivity index (χ0) is 13.1. The molecule has 0 atom stereocenters. The fourth-order valence-corrected chi connectivity index (χ4v) is 2.26. The Hall–Kier alpha value is -1.00. The van der Waals surface area contributed by atoms with Crippen molar-refractivity contribution in [1.82, 2.24) is 0 Å². The Kier molecular flexibility index (Phi) is 4.30. The van der Waals surface area contributed by atoms with Crippen LogP contribution in [0, 0.1) is 5.82 Å². The van der Waals surface area contributed by atoms with Gasteiger partial charge < -0.3 is 0 Å². The van der Waals surface area contributed by atoms with Crippen LogP contribution in [0.5, 0.6) is 0 Å². The summed E-state index contributed by atoms with van der Waals surface area (Å²) in [6.45, 7) is 0. The summed E-state index contributed by atoms with van der Waals surface area (Å²) in [7, 11) is 0. The van der Waals surface area contributed by atoms with E-state index < -0.39 is 0 Å². The Morgan fingerprint density at radius 2 is 1.72 bits per heavy atom. The van der Waals surface area contributed by atoms with Gasteiger partial charge >= 0.3 is 0 Å². The van der Waals surface area contributed by atoms with E-state index in [0.717, 1.165) is 10.0 Å². The molecular formula is C14H9Br2FO. The first-order valence-corrected chi connectivity index (χ1v) is 6.87. The monoisotopic (exact) mass is 370 g/mol. The van der Waals surface area contributed by atoms with E-state index in [1.165, 1.54) is 6.07 Å². The average Bonchev–Trinajstić information content (AvgIpc) is 2.34. The molecule has 0 aliphatic rings. The molecule has 4 heteroatoms. The Labute approximate surface area is 121 Å². The number of hydrogen-bond donors (Lipinski definition) is 0. The van der Waals surface area contributed by atoms with Crippen molar-refractivity contribution >= 4 is 37.6 Å². The van der Waals surface area contributed by atoms with Crippen LogP contribution in [-0.4, -0.2) is 5.78 Å². The summed E-state index contributed by atoms with van der Waals surface area (Å²) in [5, 5.41) is 0. The summed E-state index contributed by atoms with van der Waals surface area (Å²) in [6.07, 6.45) is 0.264. The highest BCUT2D eigenvalue weighted by Crippen LogP contribution is 2.18. The molecule has 0 heterocycles. The fraction of sp³-hybridized carbons (Fsp3) is 0.0714. The van der Waals surface area contributed by atoms with Gasteiger partial charge in [-0.3, -0.25) is 4.79 Å². The van der Waals surface area contributed by atoms with Crippen molar-refractivity contribution in [3.05, 3.63) is 68.4 Å². The zero-order valence-electron chi connectivity index (χ0n) is 9.29. The Balaban J connectivity index is 2.16. The first-order valence-electron chi connectivity index (χ1n) is 5.29. The van der Waals surface area contributed by atoms with Crippen LogP contribution in [-0.2, 0) is 6.42 Å². The number of hydrogen-bond acceptors (Lipinski definition) is 1. The number of benzene rings is 2. The van der Waals surface area contributed by atoms with Crippen LogP contribution in [0.3, 0.4) is 0 Å². The largest absolute Gasteiger partial charge is 0.294 e. The topological polar surface area (TPSA) is 17.1 Å². The van der Waals surface area contributed by atoms with Crippen molar-refractivity contribution in [2.45, 2.75) is 6.42 Å². The van der Waals surface area contributed by atoms with Crippen molar-refractivity contribution in [1.29, 1.82) is 0 Å². The summed E-state index contributed by atoms with van der Waals surface area (Å²) in [5.41, 5.74) is 1.44. The molecule has 0 saturated carbocycles. The highest BCUT2D eigenvalue weighted by atomic mass is 79.9. The highest BCUT2D eigenvalue weighted by molar-refractivity contribution is 9.10. The second-order valence-electron chi connectivity index (χ2n) is 3.86. The van der Waals surface area contributed by atoms with E-state index in [4.69, 9.17) is 0 Å². The van der Waals surface area contributed by atoms with Gasteiger partial charge in [-0.05, 0) is 45.8 Å². The predicted molar refractivity (Wildman–Crippen MR) is 76.3 cm³/mol. The molecule has 0 aromatic heterocycles. The summed E-state index contributed by atoms with van der Waals surface area (Å²) in [6, 6.07) is 11.8. The van der Waals surface area contributed by atoms with Gasteiger partial charge in [0.15, 0.2) is 5.78 Å². The third-order valence-corrected chi connectivity index (χ3v) is 3.65. The molecule has 2 rings (SSSR count). The molecule has 0 N–H and O–H groups in total. The molecule has 2 aromatic carbocycles. The van der Waals surface area contributed by atoms with Crippen LogP contribution in [0.2, 0.25) is 0 Å². The highest BCUT2D eigenvalue weighted by Gasteiger charge is 2.08. The van der Waals surface area contributed by atoms with E-state index in [1.807, 2.05) is 12.1 Å². The first-order chi connectivity index (χ1) is 8.56. The normalized spacial score (nSPS) is 10.4. The molecule has 0 bridgehead atoms. The maximum atomic E-state index is 13.1. The van der Waals surface area contributed by atoms with Gasteiger partial charge in [0, 0.05) is 16.5 Å². The molecule has 0 radical (unpaired) electrons. The van der Waals surface area contributed by atoms with Crippen LogP contribution in [0.15, 0.2) is 51.4 Å². The smallest absolute Gasteiger partial charge is 0.167 e. The van der Waals surface area contributed by atoms with Crippen LogP contribution in [0.1, 0.15) is 15.9 Å². The van der Waals surface area contributed by atoms with E-state index in [0.29, 0.717) is 10.0 Å². The van der Waals surface area contributed by atoms with Crippen LogP contribution in [0.25, 0.3) is 0 Å². The molecule has 0 aliphatic carbocycles. The molecule has 0 fully saturated rings.